The second kappa shape index (κ2) is 8.12. The molecule has 62 valence electrons. The Morgan fingerprint density at radius 3 is 1.70 bits per heavy atom. The molecule has 0 aliphatic rings. The molecule has 0 amide bonds. The number of hydrogen-bond acceptors (Lipinski definition) is 4. The van der Waals surface area contributed by atoms with Crippen LogP contribution in [0.25, 0.3) is 0 Å². The van der Waals surface area contributed by atoms with Crippen molar-refractivity contribution in [2.45, 2.75) is 6.92 Å². The zero-order valence-corrected chi connectivity index (χ0v) is 5.60. The lowest BCUT2D eigenvalue weighted by molar-refractivity contribution is -0.742. The van der Waals surface area contributed by atoms with Gasteiger partial charge in [0.15, 0.2) is 0 Å². The Morgan fingerprint density at radius 1 is 1.50 bits per heavy atom. The normalized spacial score (nSPS) is 8.40. The molecule has 10 heavy (non-hydrogen) atoms. The van der Waals surface area contributed by atoms with E-state index in [1.807, 2.05) is 0 Å². The number of aliphatic hydroxyl groups excluding tert-OH is 2. The van der Waals surface area contributed by atoms with Crippen LogP contribution in [0.3, 0.4) is 0 Å². The second-order valence-corrected chi connectivity index (χ2v) is 1.71. The van der Waals surface area contributed by atoms with Crippen LogP contribution in [0.1, 0.15) is 6.92 Å². The van der Waals surface area contributed by atoms with E-state index in [2.05, 4.69) is 0 Å². The molecule has 0 heterocycles. The van der Waals surface area contributed by atoms with Gasteiger partial charge in [-0.2, -0.15) is 0 Å². The SMILES string of the molecule is CC(CO)CO.O=[N+]([O-])O. The minimum atomic E-state index is -1.50. The predicted octanol–water partition coefficient (Wildman–Crippen LogP) is -0.741. The summed E-state index contributed by atoms with van der Waals surface area (Å²) < 4.78 is 0. The van der Waals surface area contributed by atoms with Gasteiger partial charge in [-0.1, -0.05) is 6.92 Å². The number of aliphatic hydroxyl groups is 2. The molecule has 0 atom stereocenters. The third kappa shape index (κ3) is 27.4. The fourth-order valence-electron chi connectivity index (χ4n) is 0.0577. The van der Waals surface area contributed by atoms with Crippen LogP contribution in [0, 0.1) is 16.0 Å². The van der Waals surface area contributed by atoms with Crippen LogP contribution in [0.2, 0.25) is 0 Å². The minimum absolute atomic E-state index is 0.0463. The van der Waals surface area contributed by atoms with Crippen LogP contribution in [-0.2, 0) is 0 Å². The van der Waals surface area contributed by atoms with E-state index >= 15 is 0 Å². The molecule has 0 aromatic heterocycles. The van der Waals surface area contributed by atoms with Crippen LogP contribution in [0.15, 0.2) is 0 Å². The van der Waals surface area contributed by atoms with Gasteiger partial charge < -0.3 is 15.4 Å². The first-order valence-corrected chi connectivity index (χ1v) is 2.59. The molecule has 6 heteroatoms. The van der Waals surface area contributed by atoms with Crippen molar-refractivity contribution in [2.24, 2.45) is 5.92 Å². The monoisotopic (exact) mass is 153 g/mol. The summed E-state index contributed by atoms with van der Waals surface area (Å²) >= 11 is 0. The summed E-state index contributed by atoms with van der Waals surface area (Å²) in [5.41, 5.74) is 0. The van der Waals surface area contributed by atoms with Crippen molar-refractivity contribution < 1.29 is 20.5 Å². The quantitative estimate of drug-likeness (QED) is 0.358. The zero-order chi connectivity index (χ0) is 8.57. The summed E-state index contributed by atoms with van der Waals surface area (Å²) in [6, 6.07) is 0. The first-order chi connectivity index (χ1) is 4.54. The predicted molar refractivity (Wildman–Crippen MR) is 32.1 cm³/mol. The maximum Gasteiger partial charge on any atom is 0.291 e. The molecule has 0 rings (SSSR count). The van der Waals surface area contributed by atoms with Gasteiger partial charge in [-0.3, -0.25) is 0 Å². The van der Waals surface area contributed by atoms with E-state index in [0.717, 1.165) is 0 Å². The van der Waals surface area contributed by atoms with E-state index in [-0.39, 0.29) is 19.1 Å². The van der Waals surface area contributed by atoms with E-state index in [4.69, 9.17) is 25.5 Å². The summed E-state index contributed by atoms with van der Waals surface area (Å²) in [5, 5.41) is 30.0. The molecule has 0 fully saturated rings. The molecule has 0 aromatic carbocycles. The van der Waals surface area contributed by atoms with Gasteiger partial charge in [0.05, 0.1) is 0 Å². The molecule has 0 saturated carbocycles. The smallest absolute Gasteiger partial charge is 0.291 e. The van der Waals surface area contributed by atoms with Crippen LogP contribution < -0.4 is 0 Å². The number of hydrogen-bond donors (Lipinski definition) is 3. The molecular formula is C4H11NO5. The van der Waals surface area contributed by atoms with Gasteiger partial charge in [-0.25, -0.2) is 0 Å². The van der Waals surface area contributed by atoms with E-state index in [1.165, 1.54) is 0 Å². The Bertz CT molecular complexity index is 77.7. The average molecular weight is 153 g/mol. The van der Waals surface area contributed by atoms with Crippen molar-refractivity contribution in [2.75, 3.05) is 13.2 Å². The van der Waals surface area contributed by atoms with Gasteiger partial charge in [0.1, 0.15) is 0 Å². The van der Waals surface area contributed by atoms with Crippen LogP contribution in [0.4, 0.5) is 0 Å². The summed E-state index contributed by atoms with van der Waals surface area (Å²) in [6.45, 7) is 1.94. The highest BCUT2D eigenvalue weighted by Crippen LogP contribution is 1.85. The zero-order valence-electron chi connectivity index (χ0n) is 5.60. The lowest BCUT2D eigenvalue weighted by atomic mass is 10.2. The van der Waals surface area contributed by atoms with Gasteiger partial charge in [0, 0.05) is 19.1 Å². The molecule has 0 aliphatic carbocycles. The Balaban J connectivity index is 0. The Labute approximate surface area is 57.8 Å². The summed E-state index contributed by atoms with van der Waals surface area (Å²) in [7, 11) is 0. The molecule has 0 unspecified atom stereocenters. The topological polar surface area (TPSA) is 104 Å². The molecule has 0 aromatic rings. The van der Waals surface area contributed by atoms with Crippen molar-refractivity contribution in [1.82, 2.24) is 0 Å². The van der Waals surface area contributed by atoms with Crippen LogP contribution in [0.5, 0.6) is 0 Å². The second-order valence-electron chi connectivity index (χ2n) is 1.71. The third-order valence-electron chi connectivity index (χ3n) is 0.623. The van der Waals surface area contributed by atoms with Crippen LogP contribution >= 0.6 is 0 Å². The molecule has 0 spiro atoms. The van der Waals surface area contributed by atoms with E-state index in [9.17, 15) is 0 Å². The van der Waals surface area contributed by atoms with Gasteiger partial charge in [0.25, 0.3) is 5.09 Å². The molecule has 0 aliphatic heterocycles. The summed E-state index contributed by atoms with van der Waals surface area (Å²) in [4.78, 5) is 8.36. The van der Waals surface area contributed by atoms with E-state index in [1.54, 1.807) is 6.92 Å². The van der Waals surface area contributed by atoms with Crippen molar-refractivity contribution in [3.63, 3.8) is 0 Å². The third-order valence-corrected chi connectivity index (χ3v) is 0.623. The lowest BCUT2D eigenvalue weighted by Crippen LogP contribution is -2.04. The van der Waals surface area contributed by atoms with Crippen molar-refractivity contribution in [1.29, 1.82) is 0 Å². The molecule has 6 nitrogen and oxygen atoms in total. The Hall–Kier alpha value is -0.880. The highest BCUT2D eigenvalue weighted by Gasteiger charge is 1.91. The largest absolute Gasteiger partial charge is 0.396 e. The van der Waals surface area contributed by atoms with Crippen molar-refractivity contribution >= 4 is 0 Å². The van der Waals surface area contributed by atoms with Gasteiger partial charge in [-0.05, 0) is 0 Å². The summed E-state index contributed by atoms with van der Waals surface area (Å²) in [5.74, 6) is 0.0463. The molecular weight excluding hydrogens is 142 g/mol. The molecule has 0 bridgehead atoms. The van der Waals surface area contributed by atoms with Crippen molar-refractivity contribution in [3.8, 4) is 0 Å². The molecule has 0 saturated heterocycles. The van der Waals surface area contributed by atoms with Crippen LogP contribution in [-0.4, -0.2) is 33.7 Å². The van der Waals surface area contributed by atoms with Gasteiger partial charge in [-0.15, -0.1) is 10.1 Å². The average Bonchev–Trinajstić information content (AvgIpc) is 1.85. The number of rotatable bonds is 2. The molecule has 0 radical (unpaired) electrons. The maximum absolute atomic E-state index is 8.36. The fraction of sp³-hybridized carbons (Fsp3) is 1.00. The highest BCUT2D eigenvalue weighted by atomic mass is 16.9. The Morgan fingerprint density at radius 2 is 1.70 bits per heavy atom. The first-order valence-electron chi connectivity index (χ1n) is 2.59. The maximum atomic E-state index is 8.36. The van der Waals surface area contributed by atoms with Gasteiger partial charge >= 0.3 is 0 Å². The van der Waals surface area contributed by atoms with E-state index in [0.29, 0.717) is 0 Å². The molecule has 3 N–H and O–H groups in total. The Kier molecular flexibility index (Phi) is 9.63. The number of nitrogens with zero attached hydrogens (tertiary/aromatic N) is 1. The van der Waals surface area contributed by atoms with Gasteiger partial charge in [0.2, 0.25) is 0 Å². The summed E-state index contributed by atoms with van der Waals surface area (Å²) in [6.07, 6.45) is 0. The van der Waals surface area contributed by atoms with E-state index < -0.39 is 5.09 Å². The lowest BCUT2D eigenvalue weighted by Gasteiger charge is -1.97. The fourth-order valence-corrected chi connectivity index (χ4v) is 0.0577. The van der Waals surface area contributed by atoms with Crippen molar-refractivity contribution in [3.05, 3.63) is 10.1 Å². The first kappa shape index (κ1) is 11.9. The minimum Gasteiger partial charge on any atom is -0.396 e. The standard InChI is InChI=1S/C4H10O2.HNO3/c1-4(2-5)3-6;2-1(3)4/h4-6H,2-3H2,1H3;(H,2,3,4). The highest BCUT2D eigenvalue weighted by molar-refractivity contribution is 4.41.